The highest BCUT2D eigenvalue weighted by atomic mass is 19.1. The second kappa shape index (κ2) is 10.6. The van der Waals surface area contributed by atoms with Crippen LogP contribution < -0.4 is 20.9 Å². The highest BCUT2D eigenvalue weighted by molar-refractivity contribution is 5.98. The van der Waals surface area contributed by atoms with Crippen molar-refractivity contribution in [2.75, 3.05) is 18.4 Å². The maximum Gasteiger partial charge on any atom is 0.274 e. The zero-order valence-corrected chi connectivity index (χ0v) is 20.4. The van der Waals surface area contributed by atoms with E-state index in [1.54, 1.807) is 43.7 Å². The van der Waals surface area contributed by atoms with E-state index in [4.69, 9.17) is 4.74 Å². The first-order valence-electron chi connectivity index (χ1n) is 12.3. The number of aryl methyl sites for hydroxylation is 1. The van der Waals surface area contributed by atoms with E-state index in [0.29, 0.717) is 45.8 Å². The molecule has 1 saturated heterocycles. The molecule has 0 bridgehead atoms. The zero-order valence-electron chi connectivity index (χ0n) is 20.4. The Morgan fingerprint density at radius 2 is 1.86 bits per heavy atom. The van der Waals surface area contributed by atoms with Crippen molar-refractivity contribution in [3.05, 3.63) is 76.8 Å². The molecule has 5 rings (SSSR count). The summed E-state index contributed by atoms with van der Waals surface area (Å²) in [5.41, 5.74) is 1.96. The first kappa shape index (κ1) is 24.7. The van der Waals surface area contributed by atoms with Crippen molar-refractivity contribution in [2.24, 2.45) is 13.0 Å². The lowest BCUT2D eigenvalue weighted by Crippen LogP contribution is -2.28. The average molecular weight is 507 g/mol. The molecule has 0 spiro atoms. The van der Waals surface area contributed by atoms with E-state index in [0.717, 1.165) is 44.5 Å². The Morgan fingerprint density at radius 3 is 2.65 bits per heavy atom. The van der Waals surface area contributed by atoms with Gasteiger partial charge in [0.15, 0.2) is 11.6 Å². The summed E-state index contributed by atoms with van der Waals surface area (Å²) in [6.45, 7) is 1.97. The number of carbonyl (C=O) groups is 1. The highest BCUT2D eigenvalue weighted by Gasteiger charge is 2.18. The highest BCUT2D eigenvalue weighted by Crippen LogP contribution is 2.39. The molecule has 2 aromatic carbocycles. The minimum atomic E-state index is -0.839. The van der Waals surface area contributed by atoms with E-state index in [1.165, 1.54) is 10.6 Å². The molecule has 2 aromatic heterocycles. The summed E-state index contributed by atoms with van der Waals surface area (Å²) in [6.07, 6.45) is 6.73. The first-order chi connectivity index (χ1) is 17.9. The van der Waals surface area contributed by atoms with Crippen molar-refractivity contribution in [3.8, 4) is 22.6 Å². The fourth-order valence-electron chi connectivity index (χ4n) is 4.80. The molecule has 9 heteroatoms. The van der Waals surface area contributed by atoms with Crippen LogP contribution in [0, 0.1) is 17.6 Å². The molecule has 1 aliphatic heterocycles. The molecule has 0 saturated carbocycles. The number of aromatic amines is 1. The van der Waals surface area contributed by atoms with Crippen LogP contribution in [-0.2, 0) is 11.8 Å². The van der Waals surface area contributed by atoms with Gasteiger partial charge in [-0.2, -0.15) is 0 Å². The van der Waals surface area contributed by atoms with Gasteiger partial charge < -0.3 is 24.9 Å². The fraction of sp³-hybridized carbons (Fsp3) is 0.286. The van der Waals surface area contributed by atoms with Gasteiger partial charge >= 0.3 is 0 Å². The number of anilines is 1. The van der Waals surface area contributed by atoms with E-state index in [9.17, 15) is 18.4 Å². The molecule has 3 N–H and O–H groups in total. The normalized spacial score (nSPS) is 14.1. The smallest absolute Gasteiger partial charge is 0.274 e. The molecule has 0 radical (unpaired) electrons. The van der Waals surface area contributed by atoms with Gasteiger partial charge in [0.05, 0.1) is 0 Å². The summed E-state index contributed by atoms with van der Waals surface area (Å²) in [4.78, 5) is 28.3. The van der Waals surface area contributed by atoms with E-state index < -0.39 is 11.6 Å². The number of hydrogen-bond acceptors (Lipinski definition) is 4. The molecule has 7 nitrogen and oxygen atoms in total. The van der Waals surface area contributed by atoms with Crippen LogP contribution >= 0.6 is 0 Å². The molecule has 0 atom stereocenters. The van der Waals surface area contributed by atoms with E-state index in [1.807, 2.05) is 0 Å². The molecular formula is C28H28F2N4O3. The van der Waals surface area contributed by atoms with Gasteiger partial charge in [-0.1, -0.05) is 0 Å². The fourth-order valence-corrected chi connectivity index (χ4v) is 4.80. The average Bonchev–Trinajstić information content (AvgIpc) is 3.38. The summed E-state index contributed by atoms with van der Waals surface area (Å²) in [6, 6.07) is 9.92. The van der Waals surface area contributed by atoms with Crippen molar-refractivity contribution in [1.29, 1.82) is 0 Å². The first-order valence-corrected chi connectivity index (χ1v) is 12.3. The number of piperidine rings is 1. The van der Waals surface area contributed by atoms with Gasteiger partial charge in [0.1, 0.15) is 17.1 Å². The number of halogens is 2. The number of ether oxygens (including phenoxy) is 1. The van der Waals surface area contributed by atoms with Crippen molar-refractivity contribution in [1.82, 2.24) is 14.9 Å². The van der Waals surface area contributed by atoms with Crippen LogP contribution in [0.15, 0.2) is 59.7 Å². The third kappa shape index (κ3) is 5.41. The van der Waals surface area contributed by atoms with Crippen molar-refractivity contribution in [2.45, 2.75) is 25.7 Å². The van der Waals surface area contributed by atoms with Crippen LogP contribution in [0.2, 0.25) is 0 Å². The van der Waals surface area contributed by atoms with Crippen LogP contribution in [0.5, 0.6) is 11.5 Å². The molecule has 1 aliphatic rings. The van der Waals surface area contributed by atoms with Gasteiger partial charge in [-0.05, 0) is 74.7 Å². The molecule has 0 unspecified atom stereocenters. The van der Waals surface area contributed by atoms with Crippen LogP contribution in [-0.4, -0.2) is 28.5 Å². The molecular weight excluding hydrogens is 478 g/mol. The second-order valence-electron chi connectivity index (χ2n) is 9.39. The number of pyridine rings is 1. The Kier molecular flexibility index (Phi) is 7.05. The van der Waals surface area contributed by atoms with E-state index >= 15 is 0 Å². The number of aromatic nitrogens is 2. The number of nitrogens with one attached hydrogen (secondary N) is 3. The predicted molar refractivity (Wildman–Crippen MR) is 139 cm³/mol. The number of hydrogen-bond donors (Lipinski definition) is 3. The third-order valence-electron chi connectivity index (χ3n) is 6.80. The van der Waals surface area contributed by atoms with Crippen LogP contribution in [0.3, 0.4) is 0 Å². The Hall–Kier alpha value is -3.98. The molecule has 1 fully saturated rings. The number of benzene rings is 2. The van der Waals surface area contributed by atoms with Gasteiger partial charge in [-0.15, -0.1) is 0 Å². The largest absolute Gasteiger partial charge is 0.454 e. The van der Waals surface area contributed by atoms with Crippen molar-refractivity contribution in [3.63, 3.8) is 0 Å². The molecule has 0 aliphatic carbocycles. The quantitative estimate of drug-likeness (QED) is 0.317. The summed E-state index contributed by atoms with van der Waals surface area (Å²) in [7, 11) is 1.64. The topological polar surface area (TPSA) is 88.2 Å². The Bertz CT molecular complexity index is 1510. The maximum absolute atomic E-state index is 14.4. The third-order valence-corrected chi connectivity index (χ3v) is 6.80. The molecule has 37 heavy (non-hydrogen) atoms. The Balaban J connectivity index is 1.49. The summed E-state index contributed by atoms with van der Waals surface area (Å²) in [5.74, 6) is -0.949. The molecule has 1 amide bonds. The number of fused-ring (bicyclic) bond motifs is 1. The lowest BCUT2D eigenvalue weighted by atomic mass is 9.93. The monoisotopic (exact) mass is 506 g/mol. The van der Waals surface area contributed by atoms with Gasteiger partial charge in [0.2, 0.25) is 5.91 Å². The van der Waals surface area contributed by atoms with Gasteiger partial charge in [0, 0.05) is 54.1 Å². The minimum Gasteiger partial charge on any atom is -0.454 e. The summed E-state index contributed by atoms with van der Waals surface area (Å²) >= 11 is 0. The molecule has 4 aromatic rings. The number of carbonyl (C=O) groups excluding carboxylic acids is 1. The number of rotatable bonds is 7. The van der Waals surface area contributed by atoms with E-state index in [-0.39, 0.29) is 17.2 Å². The van der Waals surface area contributed by atoms with Gasteiger partial charge in [-0.25, -0.2) is 8.78 Å². The van der Waals surface area contributed by atoms with Crippen molar-refractivity contribution >= 4 is 22.5 Å². The summed E-state index contributed by atoms with van der Waals surface area (Å²) < 4.78 is 35.2. The van der Waals surface area contributed by atoms with E-state index in [2.05, 4.69) is 15.6 Å². The standard InChI is InChI=1S/C28H28F2N4O3/c1-34-16-22(20-10-13-32-27(20)28(34)36)21-15-19(33-26(35)7-2-17-8-11-31-12-9-17)4-6-24(21)37-25-5-3-18(29)14-23(25)30/h3-6,10,13-17,31-32H,2,7-9,11-12H2,1H3,(H,33,35). The lowest BCUT2D eigenvalue weighted by Gasteiger charge is -2.22. The van der Waals surface area contributed by atoms with Gasteiger partial charge in [-0.3, -0.25) is 9.59 Å². The van der Waals surface area contributed by atoms with Gasteiger partial charge in [0.25, 0.3) is 5.56 Å². The maximum atomic E-state index is 14.4. The van der Waals surface area contributed by atoms with Crippen LogP contribution in [0.25, 0.3) is 22.0 Å². The minimum absolute atomic E-state index is 0.0880. The molecule has 3 heterocycles. The number of nitrogens with zero attached hydrogens (tertiary/aromatic N) is 1. The van der Waals surface area contributed by atoms with Crippen molar-refractivity contribution < 1.29 is 18.3 Å². The second-order valence-corrected chi connectivity index (χ2v) is 9.39. The predicted octanol–water partition coefficient (Wildman–Crippen LogP) is 5.32. The number of H-pyrrole nitrogens is 1. The SMILES string of the molecule is Cn1cc(-c2cc(NC(=O)CCC3CCNCC3)ccc2Oc2ccc(F)cc2F)c2cc[nH]c2c1=O. The van der Waals surface area contributed by atoms with Crippen LogP contribution in [0.1, 0.15) is 25.7 Å². The summed E-state index contributed by atoms with van der Waals surface area (Å²) in [5, 5.41) is 6.95. The number of amides is 1. The Labute approximate surface area is 212 Å². The zero-order chi connectivity index (χ0) is 25.9. The molecule has 192 valence electrons. The Morgan fingerprint density at radius 1 is 1.08 bits per heavy atom. The lowest BCUT2D eigenvalue weighted by molar-refractivity contribution is -0.116. The van der Waals surface area contributed by atoms with Crippen LogP contribution in [0.4, 0.5) is 14.5 Å².